The highest BCUT2D eigenvalue weighted by molar-refractivity contribution is 5.88. The van der Waals surface area contributed by atoms with Crippen LogP contribution in [0.2, 0.25) is 0 Å². The molecular weight excluding hydrogens is 218 g/mol. The first-order chi connectivity index (χ1) is 8.16. The third kappa shape index (κ3) is 3.19. The van der Waals surface area contributed by atoms with Gasteiger partial charge in [-0.15, -0.1) is 0 Å². The number of hydrogen-bond acceptors (Lipinski definition) is 3. The van der Waals surface area contributed by atoms with Crippen molar-refractivity contribution in [2.75, 3.05) is 26.2 Å². The average molecular weight is 239 g/mol. The van der Waals surface area contributed by atoms with Crippen molar-refractivity contribution < 1.29 is 9.59 Å². The molecule has 2 aliphatic heterocycles. The van der Waals surface area contributed by atoms with E-state index in [1.54, 1.807) is 0 Å². The van der Waals surface area contributed by atoms with Crippen LogP contribution in [-0.4, -0.2) is 48.9 Å². The van der Waals surface area contributed by atoms with Gasteiger partial charge in [0.2, 0.25) is 11.8 Å². The summed E-state index contributed by atoms with van der Waals surface area (Å²) in [6, 6.07) is -0.337. The maximum atomic E-state index is 12.0. The minimum atomic E-state index is -0.337. The molecule has 2 N–H and O–H groups in total. The van der Waals surface area contributed by atoms with E-state index in [4.69, 9.17) is 0 Å². The van der Waals surface area contributed by atoms with Crippen LogP contribution in [0, 0.1) is 5.92 Å². The van der Waals surface area contributed by atoms with Crippen LogP contribution in [0.4, 0.5) is 0 Å². The molecule has 2 fully saturated rings. The zero-order valence-corrected chi connectivity index (χ0v) is 10.4. The van der Waals surface area contributed by atoms with Gasteiger partial charge in [-0.05, 0) is 18.8 Å². The zero-order chi connectivity index (χ0) is 12.3. The van der Waals surface area contributed by atoms with Crippen LogP contribution in [0.5, 0.6) is 0 Å². The molecule has 0 unspecified atom stereocenters. The van der Waals surface area contributed by atoms with E-state index < -0.39 is 0 Å². The number of carbonyl (C=O) groups excluding carboxylic acids is 2. The van der Waals surface area contributed by atoms with Crippen molar-refractivity contribution >= 4 is 11.8 Å². The summed E-state index contributed by atoms with van der Waals surface area (Å²) in [6.45, 7) is 5.31. The molecule has 0 radical (unpaired) electrons. The van der Waals surface area contributed by atoms with Crippen molar-refractivity contribution in [3.05, 3.63) is 0 Å². The van der Waals surface area contributed by atoms with Gasteiger partial charge in [0.05, 0.1) is 12.5 Å². The van der Waals surface area contributed by atoms with Crippen molar-refractivity contribution in [3.8, 4) is 0 Å². The Balaban J connectivity index is 1.82. The molecule has 2 aliphatic rings. The highest BCUT2D eigenvalue weighted by atomic mass is 16.2. The van der Waals surface area contributed by atoms with Gasteiger partial charge in [-0.3, -0.25) is 9.59 Å². The molecule has 0 saturated carbocycles. The smallest absolute Gasteiger partial charge is 0.237 e. The van der Waals surface area contributed by atoms with E-state index in [1.165, 1.54) is 0 Å². The van der Waals surface area contributed by atoms with E-state index in [1.807, 2.05) is 4.90 Å². The Morgan fingerprint density at radius 3 is 2.71 bits per heavy atom. The molecule has 1 atom stereocenters. The maximum Gasteiger partial charge on any atom is 0.237 e. The number of rotatable bonds is 2. The first kappa shape index (κ1) is 12.4. The third-order valence-electron chi connectivity index (χ3n) is 3.65. The molecule has 2 amide bonds. The van der Waals surface area contributed by atoms with Crippen molar-refractivity contribution in [3.63, 3.8) is 0 Å². The molecule has 0 aliphatic carbocycles. The van der Waals surface area contributed by atoms with Gasteiger partial charge < -0.3 is 15.5 Å². The number of piperazine rings is 1. The van der Waals surface area contributed by atoms with E-state index >= 15 is 0 Å². The Kier molecular flexibility index (Phi) is 3.99. The van der Waals surface area contributed by atoms with E-state index in [0.717, 1.165) is 38.4 Å². The lowest BCUT2D eigenvalue weighted by Crippen LogP contribution is -2.54. The second-order valence-corrected chi connectivity index (χ2v) is 5.07. The number of likely N-dealkylation sites (tertiary alicyclic amines) is 1. The molecule has 0 spiro atoms. The summed E-state index contributed by atoms with van der Waals surface area (Å²) in [6.07, 6.45) is 2.45. The molecule has 0 aromatic heterocycles. The van der Waals surface area contributed by atoms with Gasteiger partial charge in [0.1, 0.15) is 0 Å². The van der Waals surface area contributed by atoms with E-state index in [2.05, 4.69) is 17.6 Å². The summed E-state index contributed by atoms with van der Waals surface area (Å²) in [5.41, 5.74) is 0. The third-order valence-corrected chi connectivity index (χ3v) is 3.65. The van der Waals surface area contributed by atoms with Crippen LogP contribution < -0.4 is 10.6 Å². The molecule has 2 rings (SSSR count). The molecular formula is C12H21N3O2. The molecule has 0 bridgehead atoms. The predicted molar refractivity (Wildman–Crippen MR) is 64.4 cm³/mol. The fraction of sp³-hybridized carbons (Fsp3) is 0.833. The summed E-state index contributed by atoms with van der Waals surface area (Å²) < 4.78 is 0. The Bertz CT molecular complexity index is 298. The van der Waals surface area contributed by atoms with Crippen molar-refractivity contribution in [1.29, 1.82) is 0 Å². The van der Waals surface area contributed by atoms with Crippen LogP contribution in [0.15, 0.2) is 0 Å². The van der Waals surface area contributed by atoms with E-state index in [0.29, 0.717) is 13.0 Å². The van der Waals surface area contributed by atoms with Crippen LogP contribution in [0.25, 0.3) is 0 Å². The molecule has 5 nitrogen and oxygen atoms in total. The summed E-state index contributed by atoms with van der Waals surface area (Å²) in [4.78, 5) is 25.4. The minimum Gasteiger partial charge on any atom is -0.353 e. The first-order valence-corrected chi connectivity index (χ1v) is 6.45. The Hall–Kier alpha value is -1.10. The lowest BCUT2D eigenvalue weighted by Gasteiger charge is -2.32. The van der Waals surface area contributed by atoms with Gasteiger partial charge in [0.25, 0.3) is 0 Å². The lowest BCUT2D eigenvalue weighted by molar-refractivity contribution is -0.136. The average Bonchev–Trinajstić information content (AvgIpc) is 2.33. The Morgan fingerprint density at radius 1 is 1.35 bits per heavy atom. The van der Waals surface area contributed by atoms with Crippen LogP contribution in [0.3, 0.4) is 0 Å². The summed E-state index contributed by atoms with van der Waals surface area (Å²) in [5, 5.41) is 5.86. The van der Waals surface area contributed by atoms with E-state index in [9.17, 15) is 9.59 Å². The SMILES string of the molecule is CC1CCN(C(=O)C[C@H]2NCCNC2=O)CC1. The summed E-state index contributed by atoms with van der Waals surface area (Å²) in [5.74, 6) is 0.775. The first-order valence-electron chi connectivity index (χ1n) is 6.45. The van der Waals surface area contributed by atoms with Crippen LogP contribution >= 0.6 is 0 Å². The summed E-state index contributed by atoms with van der Waals surface area (Å²) in [7, 11) is 0. The second kappa shape index (κ2) is 5.49. The maximum absolute atomic E-state index is 12.0. The van der Waals surface area contributed by atoms with Gasteiger partial charge in [0, 0.05) is 26.2 Å². The summed E-state index contributed by atoms with van der Waals surface area (Å²) >= 11 is 0. The molecule has 96 valence electrons. The highest BCUT2D eigenvalue weighted by Crippen LogP contribution is 2.17. The Morgan fingerprint density at radius 2 is 2.06 bits per heavy atom. The molecule has 2 heterocycles. The van der Waals surface area contributed by atoms with Crippen molar-refractivity contribution in [2.45, 2.75) is 32.2 Å². The van der Waals surface area contributed by atoms with Gasteiger partial charge in [-0.1, -0.05) is 6.92 Å². The van der Waals surface area contributed by atoms with Gasteiger partial charge in [-0.2, -0.15) is 0 Å². The lowest BCUT2D eigenvalue weighted by atomic mass is 9.98. The molecule has 0 aromatic carbocycles. The molecule has 0 aromatic rings. The largest absolute Gasteiger partial charge is 0.353 e. The number of hydrogen-bond donors (Lipinski definition) is 2. The van der Waals surface area contributed by atoms with E-state index in [-0.39, 0.29) is 17.9 Å². The van der Waals surface area contributed by atoms with Gasteiger partial charge in [-0.25, -0.2) is 0 Å². The normalized spacial score (nSPS) is 26.8. The van der Waals surface area contributed by atoms with Crippen molar-refractivity contribution in [1.82, 2.24) is 15.5 Å². The monoisotopic (exact) mass is 239 g/mol. The zero-order valence-electron chi connectivity index (χ0n) is 10.4. The minimum absolute atomic E-state index is 0.0463. The second-order valence-electron chi connectivity index (χ2n) is 5.07. The van der Waals surface area contributed by atoms with Crippen molar-refractivity contribution in [2.24, 2.45) is 5.92 Å². The number of piperidine rings is 1. The predicted octanol–water partition coefficient (Wildman–Crippen LogP) is -0.277. The molecule has 5 heteroatoms. The van der Waals surface area contributed by atoms with Crippen LogP contribution in [0.1, 0.15) is 26.2 Å². The number of nitrogens with zero attached hydrogens (tertiary/aromatic N) is 1. The fourth-order valence-corrected chi connectivity index (χ4v) is 2.37. The quantitative estimate of drug-likeness (QED) is 0.697. The molecule has 2 saturated heterocycles. The van der Waals surface area contributed by atoms with Gasteiger partial charge in [0.15, 0.2) is 0 Å². The standard InChI is InChI=1S/C12H21N3O2/c1-9-2-6-15(7-3-9)11(16)8-10-12(17)14-5-4-13-10/h9-10,13H,2-8H2,1H3,(H,14,17)/t10-/m1/s1. The number of amides is 2. The number of nitrogens with one attached hydrogen (secondary N) is 2. The number of carbonyl (C=O) groups is 2. The van der Waals surface area contributed by atoms with Crippen LogP contribution in [-0.2, 0) is 9.59 Å². The highest BCUT2D eigenvalue weighted by Gasteiger charge is 2.27. The topological polar surface area (TPSA) is 61.4 Å². The molecule has 17 heavy (non-hydrogen) atoms. The fourth-order valence-electron chi connectivity index (χ4n) is 2.37. The Labute approximate surface area is 102 Å². The van der Waals surface area contributed by atoms with Gasteiger partial charge >= 0.3 is 0 Å².